The van der Waals surface area contributed by atoms with E-state index in [0.717, 1.165) is 15.2 Å². The maximum absolute atomic E-state index is 8.69. The van der Waals surface area contributed by atoms with Gasteiger partial charge in [-0.15, -0.1) is 10.2 Å². The summed E-state index contributed by atoms with van der Waals surface area (Å²) in [5.41, 5.74) is 6.64. The summed E-state index contributed by atoms with van der Waals surface area (Å²) in [7, 11) is 3.79. The van der Waals surface area contributed by atoms with E-state index in [2.05, 4.69) is 25.3 Å². The Kier molecular flexibility index (Phi) is 4.35. The molecule has 0 aliphatic heterocycles. The van der Waals surface area contributed by atoms with Crippen LogP contribution in [0.3, 0.4) is 0 Å². The van der Waals surface area contributed by atoms with Crippen LogP contribution in [-0.2, 0) is 0 Å². The molecule has 0 fully saturated rings. The Morgan fingerprint density at radius 3 is 2.75 bits per heavy atom. The first-order chi connectivity index (χ1) is 9.49. The summed E-state index contributed by atoms with van der Waals surface area (Å²) >= 11 is 2.72. The molecular formula is C10H13N7OS2. The second-order valence-corrected chi connectivity index (χ2v) is 6.18. The van der Waals surface area contributed by atoms with Gasteiger partial charge in [0, 0.05) is 19.8 Å². The number of rotatable bonds is 4. The summed E-state index contributed by atoms with van der Waals surface area (Å²) in [6, 6.07) is 1.64. The maximum Gasteiger partial charge on any atom is 0.208 e. The highest BCUT2D eigenvalue weighted by atomic mass is 32.2. The fraction of sp³-hybridized carbons (Fsp3) is 0.300. The highest BCUT2D eigenvalue weighted by Crippen LogP contribution is 2.30. The van der Waals surface area contributed by atoms with Crippen LogP contribution in [0.1, 0.15) is 11.4 Å². The SMILES string of the molecule is Cc1cc(/C(N)=N/O)nc(Sc2nnc(N(C)C)s2)n1. The van der Waals surface area contributed by atoms with E-state index in [1.54, 1.807) is 6.07 Å². The van der Waals surface area contributed by atoms with E-state index in [4.69, 9.17) is 10.9 Å². The number of nitrogens with two attached hydrogens (primary N) is 1. The van der Waals surface area contributed by atoms with Crippen LogP contribution in [0.5, 0.6) is 0 Å². The van der Waals surface area contributed by atoms with Crippen LogP contribution < -0.4 is 10.6 Å². The molecule has 2 heterocycles. The monoisotopic (exact) mass is 311 g/mol. The van der Waals surface area contributed by atoms with E-state index in [9.17, 15) is 0 Å². The van der Waals surface area contributed by atoms with Crippen molar-refractivity contribution in [3.05, 3.63) is 17.5 Å². The molecule has 20 heavy (non-hydrogen) atoms. The normalized spacial score (nSPS) is 11.7. The molecule has 0 saturated carbocycles. The van der Waals surface area contributed by atoms with Crippen molar-refractivity contribution < 1.29 is 5.21 Å². The van der Waals surface area contributed by atoms with Gasteiger partial charge in [0.25, 0.3) is 0 Å². The number of hydrogen-bond donors (Lipinski definition) is 2. The first-order valence-corrected chi connectivity index (χ1v) is 7.15. The Hall–Kier alpha value is -1.94. The Bertz CT molecular complexity index is 640. The molecule has 0 aliphatic rings. The zero-order valence-corrected chi connectivity index (χ0v) is 12.7. The second-order valence-electron chi connectivity index (χ2n) is 4.01. The number of hydrogen-bond acceptors (Lipinski definition) is 9. The summed E-state index contributed by atoms with van der Waals surface area (Å²) in [4.78, 5) is 10.4. The average molecular weight is 311 g/mol. The minimum absolute atomic E-state index is 0.0522. The fourth-order valence-corrected chi connectivity index (χ4v) is 2.96. The third-order valence-electron chi connectivity index (χ3n) is 2.16. The van der Waals surface area contributed by atoms with Crippen molar-refractivity contribution >= 4 is 34.1 Å². The molecular weight excluding hydrogens is 298 g/mol. The maximum atomic E-state index is 8.69. The summed E-state index contributed by atoms with van der Waals surface area (Å²) in [6.45, 7) is 1.81. The lowest BCUT2D eigenvalue weighted by molar-refractivity contribution is 0.318. The molecule has 0 aromatic carbocycles. The molecule has 0 unspecified atom stereocenters. The van der Waals surface area contributed by atoms with Crippen LogP contribution in [0.4, 0.5) is 5.13 Å². The molecule has 2 rings (SSSR count). The average Bonchev–Trinajstić information content (AvgIpc) is 2.85. The highest BCUT2D eigenvalue weighted by Gasteiger charge is 2.12. The van der Waals surface area contributed by atoms with Crippen LogP contribution in [-0.4, -0.2) is 45.3 Å². The zero-order chi connectivity index (χ0) is 14.7. The minimum atomic E-state index is -0.0522. The molecule has 0 atom stereocenters. The van der Waals surface area contributed by atoms with Crippen molar-refractivity contribution in [2.45, 2.75) is 16.4 Å². The van der Waals surface area contributed by atoms with Crippen molar-refractivity contribution in [3.63, 3.8) is 0 Å². The molecule has 0 amide bonds. The number of oxime groups is 1. The minimum Gasteiger partial charge on any atom is -0.409 e. The van der Waals surface area contributed by atoms with Crippen LogP contribution in [0.2, 0.25) is 0 Å². The lowest BCUT2D eigenvalue weighted by atomic mass is 10.3. The third kappa shape index (κ3) is 3.33. The molecule has 0 saturated heterocycles. The van der Waals surface area contributed by atoms with Gasteiger partial charge < -0.3 is 15.8 Å². The lowest BCUT2D eigenvalue weighted by Gasteiger charge is -2.04. The molecule has 2 aromatic rings. The number of amidine groups is 1. The van der Waals surface area contributed by atoms with E-state index in [-0.39, 0.29) is 5.84 Å². The summed E-state index contributed by atoms with van der Waals surface area (Å²) in [5, 5.41) is 21.0. The number of anilines is 1. The van der Waals surface area contributed by atoms with Gasteiger partial charge in [0.15, 0.2) is 15.3 Å². The van der Waals surface area contributed by atoms with Gasteiger partial charge in [-0.3, -0.25) is 0 Å². The van der Waals surface area contributed by atoms with Crippen LogP contribution in [0, 0.1) is 6.92 Å². The number of nitrogens with zero attached hydrogens (tertiary/aromatic N) is 6. The topological polar surface area (TPSA) is 113 Å². The number of aryl methyl sites for hydroxylation is 1. The predicted molar refractivity (Wildman–Crippen MR) is 77.6 cm³/mol. The summed E-state index contributed by atoms with van der Waals surface area (Å²) in [5.74, 6) is -0.0522. The zero-order valence-electron chi connectivity index (χ0n) is 11.1. The molecule has 8 nitrogen and oxygen atoms in total. The smallest absolute Gasteiger partial charge is 0.208 e. The first-order valence-electron chi connectivity index (χ1n) is 5.52. The van der Waals surface area contributed by atoms with E-state index < -0.39 is 0 Å². The Balaban J connectivity index is 2.26. The standard InChI is InChI=1S/C10H13N7OS2/c1-5-4-6(7(11)16-18)13-8(12-5)19-10-15-14-9(20-10)17(2)3/h4,18H,1-3H3,(H2,11,16). The lowest BCUT2D eigenvalue weighted by Crippen LogP contribution is -2.16. The molecule has 0 spiro atoms. The summed E-state index contributed by atoms with van der Waals surface area (Å²) < 4.78 is 0.727. The van der Waals surface area contributed by atoms with Crippen molar-refractivity contribution in [1.82, 2.24) is 20.2 Å². The van der Waals surface area contributed by atoms with Crippen LogP contribution in [0.25, 0.3) is 0 Å². The molecule has 0 aliphatic carbocycles. The highest BCUT2D eigenvalue weighted by molar-refractivity contribution is 8.00. The van der Waals surface area contributed by atoms with E-state index in [0.29, 0.717) is 10.9 Å². The Morgan fingerprint density at radius 2 is 2.15 bits per heavy atom. The van der Waals surface area contributed by atoms with E-state index in [1.165, 1.54) is 23.1 Å². The van der Waals surface area contributed by atoms with Crippen LogP contribution >= 0.6 is 23.1 Å². The Labute approximate surface area is 123 Å². The van der Waals surface area contributed by atoms with Crippen molar-refractivity contribution in [3.8, 4) is 0 Å². The summed E-state index contributed by atoms with van der Waals surface area (Å²) in [6.07, 6.45) is 0. The molecule has 2 aromatic heterocycles. The largest absolute Gasteiger partial charge is 0.409 e. The molecule has 3 N–H and O–H groups in total. The molecule has 10 heteroatoms. The quantitative estimate of drug-likeness (QED) is 0.282. The Morgan fingerprint density at radius 1 is 1.40 bits per heavy atom. The van der Waals surface area contributed by atoms with Crippen molar-refractivity contribution in [2.75, 3.05) is 19.0 Å². The molecule has 0 bridgehead atoms. The molecule has 106 valence electrons. The van der Waals surface area contributed by atoms with Gasteiger partial charge in [0.1, 0.15) is 5.69 Å². The predicted octanol–water partition coefficient (Wildman–Crippen LogP) is 0.948. The second kappa shape index (κ2) is 6.01. The van der Waals surface area contributed by atoms with Gasteiger partial charge in [0.05, 0.1) is 0 Å². The van der Waals surface area contributed by atoms with E-state index >= 15 is 0 Å². The van der Waals surface area contributed by atoms with Gasteiger partial charge in [0.2, 0.25) is 5.13 Å². The molecule has 0 radical (unpaired) electrons. The van der Waals surface area contributed by atoms with Crippen molar-refractivity contribution in [2.24, 2.45) is 10.9 Å². The third-order valence-corrected chi connectivity index (χ3v) is 4.17. The number of aromatic nitrogens is 4. The van der Waals surface area contributed by atoms with Gasteiger partial charge in [-0.05, 0) is 24.8 Å². The first kappa shape index (κ1) is 14.5. The van der Waals surface area contributed by atoms with E-state index in [1.807, 2.05) is 25.9 Å². The van der Waals surface area contributed by atoms with Gasteiger partial charge in [-0.2, -0.15) is 0 Å². The van der Waals surface area contributed by atoms with Crippen LogP contribution in [0.15, 0.2) is 20.7 Å². The van der Waals surface area contributed by atoms with Gasteiger partial charge in [-0.1, -0.05) is 16.5 Å². The fourth-order valence-electron chi connectivity index (χ4n) is 1.27. The van der Waals surface area contributed by atoms with Gasteiger partial charge in [-0.25, -0.2) is 9.97 Å². The van der Waals surface area contributed by atoms with Crippen molar-refractivity contribution in [1.29, 1.82) is 0 Å². The van der Waals surface area contributed by atoms with Gasteiger partial charge >= 0.3 is 0 Å².